The number of aromatic nitrogens is 1. The summed E-state index contributed by atoms with van der Waals surface area (Å²) in [5.74, 6) is 0.779. The number of hydrogen-bond donors (Lipinski definition) is 2. The fraction of sp³-hybridized carbons (Fsp3) is 0.286. The van der Waals surface area contributed by atoms with Crippen LogP contribution in [-0.2, 0) is 16.0 Å². The van der Waals surface area contributed by atoms with E-state index in [1.54, 1.807) is 7.11 Å². The molecule has 3 rings (SSSR count). The number of benzene rings is 2. The second-order valence-electron chi connectivity index (χ2n) is 6.22. The fourth-order valence-corrected chi connectivity index (χ4v) is 3.21. The van der Waals surface area contributed by atoms with Gasteiger partial charge in [-0.25, -0.2) is 4.79 Å². The number of carbonyl (C=O) groups is 1. The highest BCUT2D eigenvalue weighted by Gasteiger charge is 2.16. The summed E-state index contributed by atoms with van der Waals surface area (Å²) in [6, 6.07) is 13.4. The molecule has 28 heavy (non-hydrogen) atoms. The summed E-state index contributed by atoms with van der Waals surface area (Å²) in [6.45, 7) is 3.86. The minimum Gasteiger partial charge on any atom is -0.491 e. The molecule has 0 unspecified atom stereocenters. The molecule has 1 amide bonds. The van der Waals surface area contributed by atoms with Gasteiger partial charge in [-0.15, -0.1) is 0 Å². The van der Waals surface area contributed by atoms with Crippen LogP contribution < -0.4 is 15.8 Å². The number of nitrogens with one attached hydrogen (secondary N) is 1. The number of rotatable bonds is 7. The van der Waals surface area contributed by atoms with Gasteiger partial charge in [0.25, 0.3) is 0 Å². The Morgan fingerprint density at radius 1 is 1.11 bits per heavy atom. The van der Waals surface area contributed by atoms with Gasteiger partial charge in [0.05, 0.1) is 30.6 Å². The molecule has 148 valence electrons. The SMILES string of the molecule is CCn1c(-c2ccc(NC(=O)OC)cc2)c(N)c2ccc(OCCOC)cc21. The maximum atomic E-state index is 11.4. The lowest BCUT2D eigenvalue weighted by molar-refractivity contribution is 0.146. The number of nitrogen functional groups attached to an aromatic ring is 1. The first-order chi connectivity index (χ1) is 13.6. The molecular formula is C21H25N3O4. The summed E-state index contributed by atoms with van der Waals surface area (Å²) < 4.78 is 17.6. The topological polar surface area (TPSA) is 87.7 Å². The predicted octanol–water partition coefficient (Wildman–Crippen LogP) is 4.11. The van der Waals surface area contributed by atoms with Gasteiger partial charge in [-0.2, -0.15) is 0 Å². The van der Waals surface area contributed by atoms with E-state index in [9.17, 15) is 4.79 Å². The van der Waals surface area contributed by atoms with Gasteiger partial charge in [0.1, 0.15) is 12.4 Å². The molecule has 0 radical (unpaired) electrons. The molecule has 0 aliphatic heterocycles. The van der Waals surface area contributed by atoms with E-state index >= 15 is 0 Å². The van der Waals surface area contributed by atoms with E-state index in [1.165, 1.54) is 7.11 Å². The van der Waals surface area contributed by atoms with Crippen molar-refractivity contribution >= 4 is 28.4 Å². The molecule has 3 N–H and O–H groups in total. The summed E-state index contributed by atoms with van der Waals surface area (Å²) in [5.41, 5.74) is 10.8. The Hall–Kier alpha value is -3.19. The number of anilines is 2. The highest BCUT2D eigenvalue weighted by molar-refractivity contribution is 6.01. The van der Waals surface area contributed by atoms with E-state index in [1.807, 2.05) is 42.5 Å². The number of methoxy groups -OCH3 is 2. The third kappa shape index (κ3) is 3.89. The molecule has 3 aromatic rings. The number of ether oxygens (including phenoxy) is 3. The maximum absolute atomic E-state index is 11.4. The summed E-state index contributed by atoms with van der Waals surface area (Å²) in [4.78, 5) is 11.4. The molecule has 7 heteroatoms. The molecule has 7 nitrogen and oxygen atoms in total. The summed E-state index contributed by atoms with van der Waals surface area (Å²) in [6.07, 6.45) is -0.504. The zero-order valence-electron chi connectivity index (χ0n) is 16.3. The van der Waals surface area contributed by atoms with Crippen molar-refractivity contribution < 1.29 is 19.0 Å². The average molecular weight is 383 g/mol. The van der Waals surface area contributed by atoms with E-state index in [4.69, 9.17) is 15.2 Å². The van der Waals surface area contributed by atoms with Gasteiger partial charge in [-0.1, -0.05) is 12.1 Å². The van der Waals surface area contributed by atoms with Gasteiger partial charge < -0.3 is 24.5 Å². The maximum Gasteiger partial charge on any atom is 0.411 e. The summed E-state index contributed by atoms with van der Waals surface area (Å²) in [7, 11) is 2.98. The number of aryl methyl sites for hydroxylation is 1. The normalized spacial score (nSPS) is 10.8. The molecule has 0 aliphatic carbocycles. The van der Waals surface area contributed by atoms with Crippen LogP contribution in [0.2, 0.25) is 0 Å². The predicted molar refractivity (Wildman–Crippen MR) is 111 cm³/mol. The molecular weight excluding hydrogens is 358 g/mol. The number of hydrogen-bond acceptors (Lipinski definition) is 5. The number of carbonyl (C=O) groups excluding carboxylic acids is 1. The molecule has 0 saturated heterocycles. The highest BCUT2D eigenvalue weighted by Crippen LogP contribution is 2.38. The van der Waals surface area contributed by atoms with Gasteiger partial charge in [-0.05, 0) is 31.2 Å². The Balaban J connectivity index is 1.98. The Morgan fingerprint density at radius 3 is 2.50 bits per heavy atom. The standard InChI is InChI=1S/C21H25N3O4/c1-4-24-18-13-16(28-12-11-26-2)9-10-17(18)19(22)20(24)14-5-7-15(8-6-14)23-21(25)27-3/h5-10,13H,4,11-12,22H2,1-3H3,(H,23,25). The van der Waals surface area contributed by atoms with Gasteiger partial charge in [0.15, 0.2) is 0 Å². The molecule has 0 fully saturated rings. The van der Waals surface area contributed by atoms with Gasteiger partial charge in [0, 0.05) is 36.4 Å². The van der Waals surface area contributed by atoms with Crippen molar-refractivity contribution in [1.82, 2.24) is 4.57 Å². The van der Waals surface area contributed by atoms with E-state index < -0.39 is 6.09 Å². The largest absolute Gasteiger partial charge is 0.491 e. The lowest BCUT2D eigenvalue weighted by Gasteiger charge is -2.11. The van der Waals surface area contributed by atoms with Crippen molar-refractivity contribution in [3.63, 3.8) is 0 Å². The zero-order chi connectivity index (χ0) is 20.1. The average Bonchev–Trinajstić information content (AvgIpc) is 3.00. The summed E-state index contributed by atoms with van der Waals surface area (Å²) >= 11 is 0. The minimum atomic E-state index is -0.504. The first-order valence-electron chi connectivity index (χ1n) is 9.07. The molecule has 0 spiro atoms. The highest BCUT2D eigenvalue weighted by atomic mass is 16.5. The molecule has 0 aliphatic rings. The van der Waals surface area contributed by atoms with E-state index in [2.05, 4.69) is 21.5 Å². The van der Waals surface area contributed by atoms with Crippen molar-refractivity contribution in [2.75, 3.05) is 38.5 Å². The van der Waals surface area contributed by atoms with Crippen LogP contribution in [0.1, 0.15) is 6.92 Å². The smallest absolute Gasteiger partial charge is 0.411 e. The van der Waals surface area contributed by atoms with Gasteiger partial charge in [-0.3, -0.25) is 5.32 Å². The van der Waals surface area contributed by atoms with Crippen LogP contribution >= 0.6 is 0 Å². The minimum absolute atomic E-state index is 0.492. The third-order valence-electron chi connectivity index (χ3n) is 4.54. The lowest BCUT2D eigenvalue weighted by atomic mass is 10.1. The van der Waals surface area contributed by atoms with Crippen LogP contribution in [0.3, 0.4) is 0 Å². The van der Waals surface area contributed by atoms with E-state index in [0.717, 1.165) is 34.5 Å². The molecule has 1 aromatic heterocycles. The molecule has 2 aromatic carbocycles. The van der Waals surface area contributed by atoms with E-state index in [0.29, 0.717) is 24.6 Å². The van der Waals surface area contributed by atoms with Crippen LogP contribution in [0.5, 0.6) is 5.75 Å². The molecule has 0 atom stereocenters. The van der Waals surface area contributed by atoms with Crippen LogP contribution in [0.25, 0.3) is 22.2 Å². The monoisotopic (exact) mass is 383 g/mol. The Morgan fingerprint density at radius 2 is 1.86 bits per heavy atom. The Bertz CT molecular complexity index is 964. The van der Waals surface area contributed by atoms with E-state index in [-0.39, 0.29) is 0 Å². The fourth-order valence-electron chi connectivity index (χ4n) is 3.21. The second-order valence-corrected chi connectivity index (χ2v) is 6.22. The van der Waals surface area contributed by atoms with Crippen molar-refractivity contribution in [3.8, 4) is 17.0 Å². The molecule has 0 bridgehead atoms. The first kappa shape index (κ1) is 19.6. The van der Waals surface area contributed by atoms with Gasteiger partial charge >= 0.3 is 6.09 Å². The number of amides is 1. The zero-order valence-corrected chi connectivity index (χ0v) is 16.3. The first-order valence-corrected chi connectivity index (χ1v) is 9.07. The molecule has 1 heterocycles. The quantitative estimate of drug-likeness (QED) is 0.600. The van der Waals surface area contributed by atoms with Crippen LogP contribution in [-0.4, -0.2) is 38.1 Å². The summed E-state index contributed by atoms with van der Waals surface area (Å²) in [5, 5.41) is 3.63. The Labute approximate surface area is 164 Å². The van der Waals surface area contributed by atoms with Crippen molar-refractivity contribution in [3.05, 3.63) is 42.5 Å². The Kier molecular flexibility index (Phi) is 6.06. The van der Waals surface area contributed by atoms with Crippen LogP contribution in [0, 0.1) is 0 Å². The third-order valence-corrected chi connectivity index (χ3v) is 4.54. The second kappa shape index (κ2) is 8.67. The van der Waals surface area contributed by atoms with Crippen molar-refractivity contribution in [2.24, 2.45) is 0 Å². The lowest BCUT2D eigenvalue weighted by Crippen LogP contribution is -2.10. The van der Waals surface area contributed by atoms with Gasteiger partial charge in [0.2, 0.25) is 0 Å². The van der Waals surface area contributed by atoms with Crippen molar-refractivity contribution in [1.29, 1.82) is 0 Å². The number of nitrogens with two attached hydrogens (primary N) is 1. The van der Waals surface area contributed by atoms with Crippen LogP contribution in [0.4, 0.5) is 16.2 Å². The number of nitrogens with zero attached hydrogens (tertiary/aromatic N) is 1. The van der Waals surface area contributed by atoms with Crippen LogP contribution in [0.15, 0.2) is 42.5 Å². The number of fused-ring (bicyclic) bond motifs is 1. The molecule has 0 saturated carbocycles. The van der Waals surface area contributed by atoms with Crippen molar-refractivity contribution in [2.45, 2.75) is 13.5 Å².